The van der Waals surface area contributed by atoms with Crippen molar-refractivity contribution in [2.45, 2.75) is 38.9 Å². The van der Waals surface area contributed by atoms with Gasteiger partial charge in [0.05, 0.1) is 36.4 Å². The second kappa shape index (κ2) is 11.6. The number of carbonyl (C=O) groups excluding carboxylic acids is 2. The number of hydrogen-bond acceptors (Lipinski definition) is 8. The lowest BCUT2D eigenvalue weighted by atomic mass is 10.1. The fourth-order valence-electron chi connectivity index (χ4n) is 3.13. The quantitative estimate of drug-likeness (QED) is 0.248. The maximum Gasteiger partial charge on any atom is 0.338 e. The second-order valence-electron chi connectivity index (χ2n) is 7.88. The third-order valence-corrected chi connectivity index (χ3v) is 5.83. The number of anilines is 1. The molecule has 2 aromatic heterocycles. The summed E-state index contributed by atoms with van der Waals surface area (Å²) in [6.45, 7) is 7.94. The first-order chi connectivity index (χ1) is 15.9. The molecule has 0 atom stereocenters. The Kier molecular flexibility index (Phi) is 8.65. The Labute approximate surface area is 197 Å². The number of carbonyl (C=O) groups is 2. The number of esters is 1. The van der Waals surface area contributed by atoms with Gasteiger partial charge in [0.2, 0.25) is 0 Å². The summed E-state index contributed by atoms with van der Waals surface area (Å²) >= 11 is 1.61. The Morgan fingerprint density at radius 3 is 2.64 bits per heavy atom. The van der Waals surface area contributed by atoms with Crippen molar-refractivity contribution < 1.29 is 14.3 Å². The van der Waals surface area contributed by atoms with Crippen LogP contribution in [-0.4, -0.2) is 57.6 Å². The van der Waals surface area contributed by atoms with Crippen LogP contribution >= 0.6 is 11.8 Å². The first kappa shape index (κ1) is 24.5. The zero-order chi connectivity index (χ0) is 23.8. The topological polar surface area (TPSA) is 111 Å². The van der Waals surface area contributed by atoms with Gasteiger partial charge in [-0.15, -0.1) is 0 Å². The number of aromatic nitrogens is 4. The number of methoxy groups -OCH3 is 1. The molecule has 0 aliphatic heterocycles. The Hall–Kier alpha value is -3.14. The fraction of sp³-hybridized carbons (Fsp3) is 0.435. The Morgan fingerprint density at radius 1 is 1.18 bits per heavy atom. The molecule has 0 saturated heterocycles. The van der Waals surface area contributed by atoms with Gasteiger partial charge < -0.3 is 15.4 Å². The van der Waals surface area contributed by atoms with Crippen molar-refractivity contribution in [2.75, 3.05) is 31.3 Å². The average molecular weight is 471 g/mol. The number of amides is 1. The predicted molar refractivity (Wildman–Crippen MR) is 130 cm³/mol. The van der Waals surface area contributed by atoms with Crippen LogP contribution in [0, 0.1) is 5.92 Å². The lowest BCUT2D eigenvalue weighted by Crippen LogP contribution is -2.29. The standard InChI is InChI=1S/C23H30N6O3S/c1-5-12-33-23-27-19(25-13-15(2)3)18-14-26-29(20(18)28-23)11-10-24-21(30)16-8-6-7-9-17(16)22(31)32-4/h6-9,14-15H,5,10-13H2,1-4H3,(H,24,30)(H,25,27,28). The minimum Gasteiger partial charge on any atom is -0.465 e. The predicted octanol–water partition coefficient (Wildman–Crippen LogP) is 3.61. The van der Waals surface area contributed by atoms with E-state index in [2.05, 4.69) is 41.5 Å². The van der Waals surface area contributed by atoms with Gasteiger partial charge in [0.1, 0.15) is 5.82 Å². The van der Waals surface area contributed by atoms with Crippen LogP contribution in [0.5, 0.6) is 0 Å². The third kappa shape index (κ3) is 6.22. The average Bonchev–Trinajstić information content (AvgIpc) is 3.23. The Balaban J connectivity index is 1.76. The van der Waals surface area contributed by atoms with Crippen molar-refractivity contribution in [1.82, 2.24) is 25.1 Å². The van der Waals surface area contributed by atoms with Gasteiger partial charge in [-0.3, -0.25) is 4.79 Å². The molecule has 1 amide bonds. The van der Waals surface area contributed by atoms with Gasteiger partial charge >= 0.3 is 5.97 Å². The maximum atomic E-state index is 12.7. The summed E-state index contributed by atoms with van der Waals surface area (Å²) in [5.74, 6) is 1.28. The van der Waals surface area contributed by atoms with E-state index in [0.717, 1.165) is 35.6 Å². The highest BCUT2D eigenvalue weighted by atomic mass is 32.2. The van der Waals surface area contributed by atoms with Gasteiger partial charge in [0.15, 0.2) is 10.8 Å². The molecule has 2 N–H and O–H groups in total. The van der Waals surface area contributed by atoms with Crippen molar-refractivity contribution in [1.29, 1.82) is 0 Å². The summed E-state index contributed by atoms with van der Waals surface area (Å²) < 4.78 is 6.53. The van der Waals surface area contributed by atoms with Crippen LogP contribution in [0.25, 0.3) is 11.0 Å². The summed E-state index contributed by atoms with van der Waals surface area (Å²) in [5.41, 5.74) is 1.22. The Bertz CT molecular complexity index is 1110. The molecule has 0 radical (unpaired) electrons. The minimum absolute atomic E-state index is 0.230. The van der Waals surface area contributed by atoms with Crippen LogP contribution < -0.4 is 10.6 Å². The van der Waals surface area contributed by atoms with Gasteiger partial charge in [-0.25, -0.2) is 19.4 Å². The lowest BCUT2D eigenvalue weighted by molar-refractivity contribution is 0.0596. The molecule has 0 fully saturated rings. The molecule has 3 aromatic rings. The maximum absolute atomic E-state index is 12.7. The van der Waals surface area contributed by atoms with E-state index >= 15 is 0 Å². The SMILES string of the molecule is CCCSc1nc(NCC(C)C)c2cnn(CCNC(=O)c3ccccc3C(=O)OC)c2n1. The van der Waals surface area contributed by atoms with E-state index in [9.17, 15) is 9.59 Å². The number of rotatable bonds is 11. The molecule has 2 heterocycles. The van der Waals surface area contributed by atoms with E-state index in [-0.39, 0.29) is 17.0 Å². The highest BCUT2D eigenvalue weighted by Crippen LogP contribution is 2.25. The van der Waals surface area contributed by atoms with E-state index in [4.69, 9.17) is 9.72 Å². The van der Waals surface area contributed by atoms with Crippen molar-refractivity contribution >= 4 is 40.5 Å². The molecule has 0 saturated carbocycles. The van der Waals surface area contributed by atoms with Crippen molar-refractivity contribution in [2.24, 2.45) is 5.92 Å². The number of benzene rings is 1. The molecule has 0 bridgehead atoms. The van der Waals surface area contributed by atoms with Crippen molar-refractivity contribution in [3.05, 3.63) is 41.6 Å². The zero-order valence-electron chi connectivity index (χ0n) is 19.4. The van der Waals surface area contributed by atoms with Crippen molar-refractivity contribution in [3.63, 3.8) is 0 Å². The van der Waals surface area contributed by atoms with Gasteiger partial charge in [-0.1, -0.05) is 44.7 Å². The van der Waals surface area contributed by atoms with E-state index < -0.39 is 5.97 Å². The summed E-state index contributed by atoms with van der Waals surface area (Å²) in [4.78, 5) is 34.0. The fourth-order valence-corrected chi connectivity index (χ4v) is 3.83. The number of hydrogen-bond donors (Lipinski definition) is 2. The molecule has 9 nitrogen and oxygen atoms in total. The van der Waals surface area contributed by atoms with E-state index in [1.54, 1.807) is 46.9 Å². The lowest BCUT2D eigenvalue weighted by Gasteiger charge is -2.11. The Morgan fingerprint density at radius 2 is 1.94 bits per heavy atom. The van der Waals surface area contributed by atoms with Crippen LogP contribution in [0.15, 0.2) is 35.6 Å². The van der Waals surface area contributed by atoms with Gasteiger partial charge in [0, 0.05) is 18.8 Å². The normalized spacial score (nSPS) is 11.1. The molecule has 1 aromatic carbocycles. The number of nitrogens with zero attached hydrogens (tertiary/aromatic N) is 4. The van der Waals surface area contributed by atoms with Crippen LogP contribution in [0.3, 0.4) is 0 Å². The van der Waals surface area contributed by atoms with Gasteiger partial charge in [-0.2, -0.15) is 5.10 Å². The molecule has 33 heavy (non-hydrogen) atoms. The first-order valence-electron chi connectivity index (χ1n) is 11.0. The molecule has 0 aliphatic rings. The smallest absolute Gasteiger partial charge is 0.338 e. The summed E-state index contributed by atoms with van der Waals surface area (Å²) in [7, 11) is 1.29. The van der Waals surface area contributed by atoms with E-state index in [1.165, 1.54) is 7.11 Å². The molecule has 0 aliphatic carbocycles. The van der Waals surface area contributed by atoms with Crippen molar-refractivity contribution in [3.8, 4) is 0 Å². The number of nitrogens with one attached hydrogen (secondary N) is 2. The molecule has 3 rings (SSSR count). The molecular formula is C23H30N6O3S. The highest BCUT2D eigenvalue weighted by molar-refractivity contribution is 7.99. The van der Waals surface area contributed by atoms with E-state index in [0.29, 0.717) is 24.2 Å². The summed E-state index contributed by atoms with van der Waals surface area (Å²) in [6.07, 6.45) is 2.78. The number of thioether (sulfide) groups is 1. The molecule has 176 valence electrons. The largest absolute Gasteiger partial charge is 0.465 e. The molecule has 0 unspecified atom stereocenters. The van der Waals surface area contributed by atoms with Crippen LogP contribution in [0.1, 0.15) is 47.9 Å². The monoisotopic (exact) mass is 470 g/mol. The number of ether oxygens (including phenoxy) is 1. The first-order valence-corrected chi connectivity index (χ1v) is 12.0. The molecular weight excluding hydrogens is 440 g/mol. The van der Waals surface area contributed by atoms with Crippen LogP contribution in [-0.2, 0) is 11.3 Å². The molecule has 0 spiro atoms. The van der Waals surface area contributed by atoms with Gasteiger partial charge in [-0.05, 0) is 24.5 Å². The molecule has 10 heteroatoms. The number of fused-ring (bicyclic) bond motifs is 1. The third-order valence-electron chi connectivity index (χ3n) is 4.77. The van der Waals surface area contributed by atoms with Crippen LogP contribution in [0.2, 0.25) is 0 Å². The van der Waals surface area contributed by atoms with Gasteiger partial charge in [0.25, 0.3) is 5.91 Å². The minimum atomic E-state index is -0.547. The summed E-state index contributed by atoms with van der Waals surface area (Å²) in [6, 6.07) is 6.57. The van der Waals surface area contributed by atoms with Crippen LogP contribution in [0.4, 0.5) is 5.82 Å². The van der Waals surface area contributed by atoms with E-state index in [1.807, 2.05) is 0 Å². The summed E-state index contributed by atoms with van der Waals surface area (Å²) in [5, 5.41) is 12.3. The second-order valence-corrected chi connectivity index (χ2v) is 8.94. The zero-order valence-corrected chi connectivity index (χ0v) is 20.2. The highest BCUT2D eigenvalue weighted by Gasteiger charge is 2.17.